The summed E-state index contributed by atoms with van der Waals surface area (Å²) in [6.07, 6.45) is 9.00. The summed E-state index contributed by atoms with van der Waals surface area (Å²) in [5, 5.41) is 8.56. The molecule has 1 aromatic heterocycles. The summed E-state index contributed by atoms with van der Waals surface area (Å²) in [4.78, 5) is 31.3. The van der Waals surface area contributed by atoms with E-state index in [-0.39, 0.29) is 11.6 Å². The number of anilines is 2. The molecule has 0 bridgehead atoms. The monoisotopic (exact) mass is 460 g/mol. The number of rotatable bonds is 5. The van der Waals surface area contributed by atoms with Gasteiger partial charge in [-0.1, -0.05) is 0 Å². The topological polar surface area (TPSA) is 112 Å². The lowest BCUT2D eigenvalue weighted by Gasteiger charge is -2.20. The lowest BCUT2D eigenvalue weighted by Crippen LogP contribution is -2.35. The van der Waals surface area contributed by atoms with Gasteiger partial charge in [-0.05, 0) is 67.4 Å². The van der Waals surface area contributed by atoms with Crippen LogP contribution in [0.3, 0.4) is 0 Å². The molecule has 29 heavy (non-hydrogen) atoms. The summed E-state index contributed by atoms with van der Waals surface area (Å²) in [6.45, 7) is 5.18. The Bertz CT molecular complexity index is 908. The number of carbonyl (C=O) groups is 2. The Morgan fingerprint density at radius 3 is 2.83 bits per heavy atom. The number of nitrogens with zero attached hydrogens (tertiary/aromatic N) is 2. The maximum Gasteiger partial charge on any atom is 0.273 e. The van der Waals surface area contributed by atoms with Crippen LogP contribution in [0.15, 0.2) is 46.5 Å². The van der Waals surface area contributed by atoms with Crippen molar-refractivity contribution < 1.29 is 9.59 Å². The van der Waals surface area contributed by atoms with Gasteiger partial charge in [0.1, 0.15) is 5.70 Å². The molecule has 0 saturated carbocycles. The second-order valence-corrected chi connectivity index (χ2v) is 8.07. The fourth-order valence-electron chi connectivity index (χ4n) is 3.23. The highest BCUT2D eigenvalue weighted by atomic mass is 79.9. The summed E-state index contributed by atoms with van der Waals surface area (Å²) in [5.41, 5.74) is 8.16. The molecule has 3 rings (SSSR count). The summed E-state index contributed by atoms with van der Waals surface area (Å²) >= 11 is 3.33. The first-order valence-corrected chi connectivity index (χ1v) is 10.2. The number of aromatic nitrogens is 1. The van der Waals surface area contributed by atoms with Gasteiger partial charge in [0, 0.05) is 16.7 Å². The van der Waals surface area contributed by atoms with Gasteiger partial charge in [-0.2, -0.15) is 0 Å². The molecule has 1 fully saturated rings. The van der Waals surface area contributed by atoms with E-state index in [1.165, 1.54) is 0 Å². The fraction of sp³-hybridized carbons (Fsp3) is 0.350. The molecule has 0 radical (unpaired) electrons. The third-order valence-corrected chi connectivity index (χ3v) is 5.46. The van der Waals surface area contributed by atoms with E-state index < -0.39 is 5.91 Å². The minimum Gasteiger partial charge on any atom is -0.393 e. The van der Waals surface area contributed by atoms with Crippen LogP contribution in [0.2, 0.25) is 0 Å². The summed E-state index contributed by atoms with van der Waals surface area (Å²) in [7, 11) is 0. The van der Waals surface area contributed by atoms with Crippen molar-refractivity contribution in [2.75, 3.05) is 23.7 Å². The summed E-state index contributed by atoms with van der Waals surface area (Å²) < 4.78 is 0.848. The zero-order chi connectivity index (χ0) is 21.0. The number of nitrogens with one attached hydrogen (secondary N) is 3. The van der Waals surface area contributed by atoms with Crippen LogP contribution in [0, 0.1) is 6.92 Å². The molecule has 2 aliphatic heterocycles. The van der Waals surface area contributed by atoms with Gasteiger partial charge < -0.3 is 21.7 Å². The Balaban J connectivity index is 1.66. The molecule has 1 atom stereocenters. The molecular formula is C20H25BrN6O2. The Morgan fingerprint density at radius 2 is 2.17 bits per heavy atom. The third kappa shape index (κ3) is 5.45. The van der Waals surface area contributed by atoms with Crippen molar-refractivity contribution in [1.29, 1.82) is 0 Å². The highest BCUT2D eigenvalue weighted by Gasteiger charge is 2.22. The van der Waals surface area contributed by atoms with Crippen LogP contribution < -0.4 is 21.7 Å². The Morgan fingerprint density at radius 1 is 1.38 bits per heavy atom. The molecule has 0 aromatic carbocycles. The number of halogens is 1. The van der Waals surface area contributed by atoms with Crippen LogP contribution in [-0.2, 0) is 9.59 Å². The number of hydrogen-bond donors (Lipinski definition) is 4. The van der Waals surface area contributed by atoms with Crippen molar-refractivity contribution in [3.63, 3.8) is 0 Å². The Kier molecular flexibility index (Phi) is 6.71. The van der Waals surface area contributed by atoms with Gasteiger partial charge in [-0.15, -0.1) is 0 Å². The van der Waals surface area contributed by atoms with Crippen LogP contribution in [0.5, 0.6) is 0 Å². The first-order chi connectivity index (χ1) is 13.8. The number of likely N-dealkylation sites (tertiary alicyclic amines) is 1. The molecule has 1 unspecified atom stereocenters. The van der Waals surface area contributed by atoms with Gasteiger partial charge in [0.2, 0.25) is 5.91 Å². The van der Waals surface area contributed by atoms with Gasteiger partial charge in [-0.3, -0.25) is 19.5 Å². The number of pyridine rings is 1. The molecule has 1 aromatic rings. The van der Waals surface area contributed by atoms with Gasteiger partial charge in [0.05, 0.1) is 35.5 Å². The number of carbonyl (C=O) groups excluding carboxylic acids is 2. The van der Waals surface area contributed by atoms with Crippen LogP contribution in [0.25, 0.3) is 0 Å². The third-order valence-electron chi connectivity index (χ3n) is 4.97. The predicted octanol–water partition coefficient (Wildman–Crippen LogP) is 2.32. The van der Waals surface area contributed by atoms with Crippen molar-refractivity contribution in [1.82, 2.24) is 15.2 Å². The number of hydrogen-bond acceptors (Lipinski definition) is 6. The van der Waals surface area contributed by atoms with Crippen molar-refractivity contribution in [3.05, 3.63) is 52.2 Å². The van der Waals surface area contributed by atoms with Crippen LogP contribution >= 0.6 is 15.9 Å². The molecule has 9 heteroatoms. The minimum atomic E-state index is -0.456. The van der Waals surface area contributed by atoms with Gasteiger partial charge in [0.25, 0.3) is 5.91 Å². The lowest BCUT2D eigenvalue weighted by molar-refractivity contribution is -0.117. The molecule has 8 nitrogen and oxygen atoms in total. The van der Waals surface area contributed by atoms with E-state index in [0.717, 1.165) is 23.9 Å². The van der Waals surface area contributed by atoms with Crippen molar-refractivity contribution in [2.24, 2.45) is 5.73 Å². The number of aryl methyl sites for hydroxylation is 1. The SMILES string of the molecule is Cc1ncc(NC(=O)CN2CCCC2C)cc1NC(=O)/C(N)=C1\C=CC(Br)=CN1. The number of dihydropyridines is 1. The van der Waals surface area contributed by atoms with Crippen LogP contribution in [-0.4, -0.2) is 40.8 Å². The smallest absolute Gasteiger partial charge is 0.273 e. The summed E-state index contributed by atoms with van der Waals surface area (Å²) in [5.74, 6) is -0.556. The largest absolute Gasteiger partial charge is 0.393 e. The number of amides is 2. The summed E-state index contributed by atoms with van der Waals surface area (Å²) in [6, 6.07) is 2.10. The van der Waals surface area contributed by atoms with E-state index in [9.17, 15) is 9.59 Å². The van der Waals surface area contributed by atoms with E-state index in [2.05, 4.69) is 48.7 Å². The molecule has 5 N–H and O–H groups in total. The van der Waals surface area contributed by atoms with Gasteiger partial charge in [-0.25, -0.2) is 0 Å². The lowest BCUT2D eigenvalue weighted by atomic mass is 10.2. The minimum absolute atomic E-state index is 0.0503. The first-order valence-electron chi connectivity index (χ1n) is 9.45. The molecule has 3 heterocycles. The van der Waals surface area contributed by atoms with E-state index in [1.54, 1.807) is 37.5 Å². The van der Waals surface area contributed by atoms with Crippen molar-refractivity contribution >= 4 is 39.1 Å². The molecule has 0 spiro atoms. The van der Waals surface area contributed by atoms with E-state index >= 15 is 0 Å². The quantitative estimate of drug-likeness (QED) is 0.501. The molecule has 2 amide bonds. The van der Waals surface area contributed by atoms with Crippen LogP contribution in [0.1, 0.15) is 25.5 Å². The number of nitrogens with two attached hydrogens (primary N) is 1. The highest BCUT2D eigenvalue weighted by Crippen LogP contribution is 2.20. The average Bonchev–Trinajstić information content (AvgIpc) is 3.09. The fourth-order valence-corrected chi connectivity index (χ4v) is 3.47. The zero-order valence-electron chi connectivity index (χ0n) is 16.5. The van der Waals surface area contributed by atoms with Gasteiger partial charge in [0.15, 0.2) is 0 Å². The van der Waals surface area contributed by atoms with Crippen molar-refractivity contribution in [3.8, 4) is 0 Å². The van der Waals surface area contributed by atoms with E-state index in [1.807, 2.05) is 0 Å². The molecule has 1 saturated heterocycles. The Labute approximate surface area is 178 Å². The second kappa shape index (κ2) is 9.23. The van der Waals surface area contributed by atoms with Crippen molar-refractivity contribution in [2.45, 2.75) is 32.7 Å². The van der Waals surface area contributed by atoms with E-state index in [4.69, 9.17) is 5.73 Å². The van der Waals surface area contributed by atoms with E-state index in [0.29, 0.717) is 35.4 Å². The molecule has 2 aliphatic rings. The standard InChI is InChI=1S/C20H25BrN6O2/c1-12-4-3-7-27(12)11-18(28)25-15-8-17(13(2)23-10-15)26-20(29)19(22)16-6-5-14(21)9-24-16/h5-6,8-10,12,24H,3-4,7,11,22H2,1-2H3,(H,25,28)(H,26,29)/b19-16-. The van der Waals surface area contributed by atoms with Crippen LogP contribution in [0.4, 0.5) is 11.4 Å². The second-order valence-electron chi connectivity index (χ2n) is 7.16. The maximum absolute atomic E-state index is 12.5. The Hall–Kier alpha value is -2.65. The average molecular weight is 461 g/mol. The molecule has 0 aliphatic carbocycles. The first kappa shape index (κ1) is 21.1. The molecule has 154 valence electrons. The predicted molar refractivity (Wildman–Crippen MR) is 117 cm³/mol. The zero-order valence-corrected chi connectivity index (χ0v) is 18.0. The van der Waals surface area contributed by atoms with Gasteiger partial charge >= 0.3 is 0 Å². The maximum atomic E-state index is 12.5. The highest BCUT2D eigenvalue weighted by molar-refractivity contribution is 9.11. The normalized spacial score (nSPS) is 20.7. The molecular weight excluding hydrogens is 436 g/mol. The number of allylic oxidation sites excluding steroid dienone is 3.